The number of carboxylic acid groups (broad SMARTS) is 2. The van der Waals surface area contributed by atoms with Crippen LogP contribution < -0.4 is 11.5 Å². The first-order valence-electron chi connectivity index (χ1n) is 6.08. The molecule has 6 N–H and O–H groups in total. The maximum Gasteiger partial charge on any atom is 0.321 e. The first-order valence-corrected chi connectivity index (χ1v) is 6.08. The van der Waals surface area contributed by atoms with Gasteiger partial charge in [-0.2, -0.15) is 0 Å². The third-order valence-electron chi connectivity index (χ3n) is 3.47. The summed E-state index contributed by atoms with van der Waals surface area (Å²) in [6.07, 6.45) is 1.28. The molecule has 1 saturated carbocycles. The molecule has 0 unspecified atom stereocenters. The fourth-order valence-corrected chi connectivity index (χ4v) is 1.92. The van der Waals surface area contributed by atoms with E-state index in [4.69, 9.17) is 31.2 Å². The van der Waals surface area contributed by atoms with E-state index in [1.54, 1.807) is 0 Å². The Morgan fingerprint density at radius 2 is 1.45 bits per heavy atom. The van der Waals surface area contributed by atoms with Crippen molar-refractivity contribution in [2.75, 3.05) is 19.9 Å². The summed E-state index contributed by atoms with van der Waals surface area (Å²) in [5.41, 5.74) is 9.23. The number of ether oxygens (including phenoxy) is 2. The molecule has 0 spiro atoms. The second-order valence-electron chi connectivity index (χ2n) is 4.55. The van der Waals surface area contributed by atoms with Gasteiger partial charge in [-0.15, -0.1) is 0 Å². The van der Waals surface area contributed by atoms with Gasteiger partial charge in [-0.1, -0.05) is 0 Å². The molecule has 0 aromatic rings. The number of aliphatic carboxylic acids is 2. The van der Waals surface area contributed by atoms with Crippen LogP contribution in [0, 0.1) is 5.41 Å². The van der Waals surface area contributed by atoms with E-state index in [2.05, 4.69) is 0 Å². The van der Waals surface area contributed by atoms with E-state index in [-0.39, 0.29) is 46.1 Å². The molecule has 2 atom stereocenters. The minimum Gasteiger partial charge on any atom is -0.480 e. The predicted molar refractivity (Wildman–Crippen MR) is 64.3 cm³/mol. The number of rotatable bonds is 4. The van der Waals surface area contributed by atoms with E-state index in [1.807, 2.05) is 0 Å². The maximum absolute atomic E-state index is 10.4. The summed E-state index contributed by atoms with van der Waals surface area (Å²) in [5, 5.41) is 16.9. The monoisotopic (exact) mass is 471 g/mol. The molecule has 2 aliphatic rings. The Labute approximate surface area is 131 Å². The van der Waals surface area contributed by atoms with Crippen molar-refractivity contribution in [3.05, 3.63) is 0 Å². The van der Waals surface area contributed by atoms with Crippen molar-refractivity contribution >= 4 is 11.9 Å². The molecule has 1 aliphatic carbocycles. The van der Waals surface area contributed by atoms with Crippen molar-refractivity contribution in [1.29, 1.82) is 0 Å². The molecule has 1 heterocycles. The second kappa shape index (κ2) is 8.69. The van der Waals surface area contributed by atoms with Crippen LogP contribution in [0.3, 0.4) is 0 Å². The van der Waals surface area contributed by atoms with E-state index in [9.17, 15) is 9.59 Å². The Balaban J connectivity index is 0.000000345. The van der Waals surface area contributed by atoms with Crippen LogP contribution >= 0.6 is 0 Å². The largest absolute Gasteiger partial charge is 0.480 e. The van der Waals surface area contributed by atoms with Gasteiger partial charge in [0.1, 0.15) is 19.0 Å². The van der Waals surface area contributed by atoms with Gasteiger partial charge in [0, 0.05) is 34.2 Å². The molecule has 1 aliphatic heterocycles. The van der Waals surface area contributed by atoms with Gasteiger partial charge in [-0.05, 0) is 19.3 Å². The fourth-order valence-electron chi connectivity index (χ4n) is 1.92. The number of hydrogen-bond donors (Lipinski definition) is 4. The Morgan fingerprint density at radius 3 is 1.60 bits per heavy atom. The Kier molecular flexibility index (Phi) is 8.46. The first-order chi connectivity index (χ1) is 8.97. The molecule has 9 heteroatoms. The SMILES string of the molecule is NC[C@H]1OCO[C@@H]1CN.O=C(O)C1(C(=O)O)CCC1.[Pt]. The Bertz CT molecular complexity index is 311. The van der Waals surface area contributed by atoms with Gasteiger partial charge in [0.25, 0.3) is 0 Å². The molecular formula is C11H20N2O6Pt. The fraction of sp³-hybridized carbons (Fsp3) is 0.818. The summed E-state index contributed by atoms with van der Waals surface area (Å²) in [6.45, 7) is 1.31. The molecule has 0 amide bonds. The number of hydrogen-bond acceptors (Lipinski definition) is 6. The molecule has 120 valence electrons. The topological polar surface area (TPSA) is 145 Å². The van der Waals surface area contributed by atoms with E-state index in [1.165, 1.54) is 0 Å². The van der Waals surface area contributed by atoms with E-state index >= 15 is 0 Å². The predicted octanol–water partition coefficient (Wildman–Crippen LogP) is -1.03. The van der Waals surface area contributed by atoms with Crippen LogP contribution in [0.15, 0.2) is 0 Å². The molecule has 2 rings (SSSR count). The first kappa shape index (κ1) is 19.5. The van der Waals surface area contributed by atoms with Gasteiger partial charge in [0.15, 0.2) is 5.41 Å². The number of carbonyl (C=O) groups is 2. The van der Waals surface area contributed by atoms with Crippen molar-refractivity contribution in [3.8, 4) is 0 Å². The quantitative estimate of drug-likeness (QED) is 0.381. The molecule has 1 saturated heterocycles. The second-order valence-corrected chi connectivity index (χ2v) is 4.55. The normalized spacial score (nSPS) is 26.5. The van der Waals surface area contributed by atoms with Crippen molar-refractivity contribution in [1.82, 2.24) is 0 Å². The smallest absolute Gasteiger partial charge is 0.321 e. The molecular weight excluding hydrogens is 451 g/mol. The van der Waals surface area contributed by atoms with Gasteiger partial charge in [0.2, 0.25) is 0 Å². The number of nitrogens with two attached hydrogens (primary N) is 2. The Morgan fingerprint density at radius 1 is 1.05 bits per heavy atom. The summed E-state index contributed by atoms with van der Waals surface area (Å²) in [5.74, 6) is -2.41. The molecule has 8 nitrogen and oxygen atoms in total. The van der Waals surface area contributed by atoms with Gasteiger partial charge >= 0.3 is 11.9 Å². The van der Waals surface area contributed by atoms with Gasteiger partial charge in [-0.25, -0.2) is 0 Å². The van der Waals surface area contributed by atoms with Gasteiger partial charge in [0.05, 0.1) is 0 Å². The van der Waals surface area contributed by atoms with Crippen LogP contribution in [0.1, 0.15) is 19.3 Å². The van der Waals surface area contributed by atoms with E-state index in [0.717, 1.165) is 0 Å². The Hall–Kier alpha value is -0.532. The van der Waals surface area contributed by atoms with Crippen molar-refractivity contribution < 1.29 is 50.3 Å². The maximum atomic E-state index is 10.4. The molecule has 0 radical (unpaired) electrons. The minimum absolute atomic E-state index is 0. The van der Waals surface area contributed by atoms with Crippen LogP contribution in [0.25, 0.3) is 0 Å². The third kappa shape index (κ3) is 4.23. The summed E-state index contributed by atoms with van der Waals surface area (Å²) < 4.78 is 10.2. The standard InChI is InChI=1S/C6H8O4.C5H12N2O2.Pt/c7-4(8)6(5(9)10)2-1-3-6;6-1-4-5(2-7)9-3-8-4;/h1-3H2,(H,7,8)(H,9,10);4-5H,1-3,6-7H2;/t;4-,5-;/m.1./s1. The van der Waals surface area contributed by atoms with Gasteiger partial charge in [-0.3, -0.25) is 9.59 Å². The molecule has 0 aromatic heterocycles. The van der Waals surface area contributed by atoms with Crippen LogP contribution in [0.4, 0.5) is 0 Å². The zero-order chi connectivity index (χ0) is 14.5. The van der Waals surface area contributed by atoms with Crippen LogP contribution in [0.2, 0.25) is 0 Å². The summed E-state index contributed by atoms with van der Waals surface area (Å²) in [4.78, 5) is 20.7. The van der Waals surface area contributed by atoms with Crippen LogP contribution in [-0.2, 0) is 40.1 Å². The van der Waals surface area contributed by atoms with Crippen LogP contribution in [-0.4, -0.2) is 54.2 Å². The summed E-state index contributed by atoms with van der Waals surface area (Å²) in [6, 6.07) is 0. The average molecular weight is 471 g/mol. The third-order valence-corrected chi connectivity index (χ3v) is 3.47. The molecule has 2 fully saturated rings. The van der Waals surface area contributed by atoms with Gasteiger partial charge < -0.3 is 31.2 Å². The summed E-state index contributed by atoms with van der Waals surface area (Å²) >= 11 is 0. The zero-order valence-electron chi connectivity index (χ0n) is 10.9. The molecule has 20 heavy (non-hydrogen) atoms. The van der Waals surface area contributed by atoms with Crippen molar-refractivity contribution in [2.24, 2.45) is 16.9 Å². The number of carboxylic acids is 2. The zero-order valence-corrected chi connectivity index (χ0v) is 13.2. The van der Waals surface area contributed by atoms with E-state index < -0.39 is 17.4 Å². The average Bonchev–Trinajstić information content (AvgIpc) is 2.74. The molecule has 0 bridgehead atoms. The molecule has 0 aromatic carbocycles. The van der Waals surface area contributed by atoms with Crippen molar-refractivity contribution in [3.63, 3.8) is 0 Å². The summed E-state index contributed by atoms with van der Waals surface area (Å²) in [7, 11) is 0. The minimum atomic E-state index is -1.44. The van der Waals surface area contributed by atoms with Crippen molar-refractivity contribution in [2.45, 2.75) is 31.5 Å². The van der Waals surface area contributed by atoms with Crippen LogP contribution in [0.5, 0.6) is 0 Å². The van der Waals surface area contributed by atoms with E-state index in [0.29, 0.717) is 26.3 Å².